The fourth-order valence-electron chi connectivity index (χ4n) is 2.28. The molecule has 0 saturated heterocycles. The first-order valence-electron chi connectivity index (χ1n) is 8.26. The summed E-state index contributed by atoms with van der Waals surface area (Å²) in [5.41, 5.74) is 2.99. The van der Waals surface area contributed by atoms with Gasteiger partial charge in [0, 0.05) is 17.3 Å². The summed E-state index contributed by atoms with van der Waals surface area (Å²) in [4.78, 5) is 24.1. The number of aromatic nitrogens is 3. The second-order valence-corrected chi connectivity index (χ2v) is 7.31. The number of halogens is 1. The number of nitrogens with one attached hydrogen (secondary N) is 1. The van der Waals surface area contributed by atoms with E-state index in [4.69, 9.17) is 9.88 Å². The third-order valence-electron chi connectivity index (χ3n) is 3.76. The van der Waals surface area contributed by atoms with Crippen molar-refractivity contribution < 1.29 is 22.3 Å². The molecule has 1 aromatic carbocycles. The molecule has 2 aromatic heterocycles. The summed E-state index contributed by atoms with van der Waals surface area (Å²) >= 11 is 0. The van der Waals surface area contributed by atoms with Crippen LogP contribution in [-0.2, 0) is 10.0 Å². The molecule has 0 saturated carbocycles. The molecule has 12 heteroatoms. The van der Waals surface area contributed by atoms with Crippen molar-refractivity contribution >= 4 is 22.1 Å². The normalized spacial score (nSPS) is 11.4. The van der Waals surface area contributed by atoms with Gasteiger partial charge < -0.3 is 4.74 Å². The number of rotatable bonds is 6. The number of benzene rings is 1. The second-order valence-electron chi connectivity index (χ2n) is 5.81. The standard InChI is InChI=1S/C18H15FN6O4S/c1-29-13-3-4-14(19)12(6-13)8-23-25-18(26)16-10-21-9-15(24-16)11-2-5-17(22-7-11)30(20,27)28/h2-10H,1H3,(H,25,26)(H2,20,27,28)/b23-8+. The number of ether oxygens (including phenoxy) is 1. The minimum atomic E-state index is -3.93. The van der Waals surface area contributed by atoms with Gasteiger partial charge in [-0.05, 0) is 30.3 Å². The van der Waals surface area contributed by atoms with Crippen LogP contribution in [0, 0.1) is 5.82 Å². The van der Waals surface area contributed by atoms with E-state index in [-0.39, 0.29) is 22.0 Å². The average molecular weight is 430 g/mol. The van der Waals surface area contributed by atoms with E-state index in [1.807, 2.05) is 0 Å². The maximum absolute atomic E-state index is 13.8. The van der Waals surface area contributed by atoms with Crippen LogP contribution >= 0.6 is 0 Å². The molecular weight excluding hydrogens is 415 g/mol. The third kappa shape index (κ3) is 4.98. The molecule has 0 bridgehead atoms. The Bertz CT molecular complexity index is 1220. The molecule has 0 aliphatic rings. The molecule has 0 unspecified atom stereocenters. The van der Waals surface area contributed by atoms with Crippen molar-refractivity contribution in [2.75, 3.05) is 7.11 Å². The lowest BCUT2D eigenvalue weighted by atomic mass is 10.2. The van der Waals surface area contributed by atoms with Crippen molar-refractivity contribution in [1.82, 2.24) is 20.4 Å². The Morgan fingerprint density at radius 1 is 1.23 bits per heavy atom. The van der Waals surface area contributed by atoms with Crippen LogP contribution in [0.5, 0.6) is 5.75 Å². The summed E-state index contributed by atoms with van der Waals surface area (Å²) in [7, 11) is -2.48. The minimum Gasteiger partial charge on any atom is -0.497 e. The first kappa shape index (κ1) is 21.0. The third-order valence-corrected chi connectivity index (χ3v) is 4.59. The average Bonchev–Trinajstić information content (AvgIpc) is 2.74. The fourth-order valence-corrected chi connectivity index (χ4v) is 2.74. The Labute approximate surface area is 170 Å². The van der Waals surface area contributed by atoms with Crippen molar-refractivity contribution in [2.24, 2.45) is 10.2 Å². The summed E-state index contributed by atoms with van der Waals surface area (Å²) in [5, 5.41) is 8.42. The molecule has 3 aromatic rings. The molecule has 0 atom stereocenters. The van der Waals surface area contributed by atoms with Crippen molar-refractivity contribution in [3.8, 4) is 17.0 Å². The first-order chi connectivity index (χ1) is 14.3. The van der Waals surface area contributed by atoms with E-state index in [1.165, 1.54) is 56.0 Å². The van der Waals surface area contributed by atoms with E-state index >= 15 is 0 Å². The second kappa shape index (κ2) is 8.71. The lowest BCUT2D eigenvalue weighted by molar-refractivity contribution is 0.0950. The maximum atomic E-state index is 13.8. The smallest absolute Gasteiger partial charge is 0.291 e. The number of nitrogens with two attached hydrogens (primary N) is 1. The number of pyridine rings is 1. The maximum Gasteiger partial charge on any atom is 0.291 e. The summed E-state index contributed by atoms with van der Waals surface area (Å²) in [6.45, 7) is 0. The van der Waals surface area contributed by atoms with Gasteiger partial charge in [0.25, 0.3) is 15.9 Å². The van der Waals surface area contributed by atoms with Crippen LogP contribution in [0.15, 0.2) is 59.0 Å². The predicted octanol–water partition coefficient (Wildman–Crippen LogP) is 1.10. The topological polar surface area (TPSA) is 150 Å². The van der Waals surface area contributed by atoms with Gasteiger partial charge in [-0.25, -0.2) is 33.3 Å². The highest BCUT2D eigenvalue weighted by atomic mass is 32.2. The molecule has 0 spiro atoms. The number of nitrogens with zero attached hydrogens (tertiary/aromatic N) is 4. The quantitative estimate of drug-likeness (QED) is 0.439. The van der Waals surface area contributed by atoms with Gasteiger partial charge in [-0.15, -0.1) is 0 Å². The van der Waals surface area contributed by atoms with Gasteiger partial charge >= 0.3 is 0 Å². The van der Waals surface area contributed by atoms with Crippen LogP contribution in [-0.4, -0.2) is 42.6 Å². The molecule has 0 aliphatic heterocycles. The highest BCUT2D eigenvalue weighted by Crippen LogP contribution is 2.17. The Kier molecular flexibility index (Phi) is 6.09. The number of methoxy groups -OCH3 is 1. The van der Waals surface area contributed by atoms with E-state index < -0.39 is 21.7 Å². The van der Waals surface area contributed by atoms with E-state index in [0.717, 1.165) is 6.21 Å². The number of hydrazone groups is 1. The predicted molar refractivity (Wildman–Crippen MR) is 105 cm³/mol. The van der Waals surface area contributed by atoms with E-state index in [9.17, 15) is 17.6 Å². The lowest BCUT2D eigenvalue weighted by Crippen LogP contribution is -2.19. The number of carbonyl (C=O) groups excluding carboxylic acids is 1. The molecule has 0 fully saturated rings. The van der Waals surface area contributed by atoms with Crippen molar-refractivity contribution in [2.45, 2.75) is 5.03 Å². The van der Waals surface area contributed by atoms with E-state index in [0.29, 0.717) is 11.3 Å². The van der Waals surface area contributed by atoms with Gasteiger partial charge in [-0.2, -0.15) is 5.10 Å². The van der Waals surface area contributed by atoms with Crippen LogP contribution < -0.4 is 15.3 Å². The zero-order valence-corrected chi connectivity index (χ0v) is 16.3. The Morgan fingerprint density at radius 2 is 2.03 bits per heavy atom. The van der Waals surface area contributed by atoms with Crippen molar-refractivity contribution in [1.29, 1.82) is 0 Å². The molecule has 10 nitrogen and oxygen atoms in total. The highest BCUT2D eigenvalue weighted by Gasteiger charge is 2.12. The summed E-state index contributed by atoms with van der Waals surface area (Å²) in [5.74, 6) is -0.783. The van der Waals surface area contributed by atoms with Crippen molar-refractivity contribution in [3.63, 3.8) is 0 Å². The van der Waals surface area contributed by atoms with Gasteiger partial charge in [0.15, 0.2) is 5.03 Å². The Hall–Kier alpha value is -3.77. The van der Waals surface area contributed by atoms with Gasteiger partial charge in [-0.3, -0.25) is 9.78 Å². The van der Waals surface area contributed by atoms with Crippen LogP contribution in [0.1, 0.15) is 16.1 Å². The summed E-state index contributed by atoms with van der Waals surface area (Å²) in [6.07, 6.45) is 4.96. The number of hydrogen-bond acceptors (Lipinski definition) is 8. The SMILES string of the molecule is COc1ccc(F)c(/C=N/NC(=O)c2cncc(-c3ccc(S(N)(=O)=O)nc3)n2)c1. The van der Waals surface area contributed by atoms with Crippen LogP contribution in [0.25, 0.3) is 11.3 Å². The molecule has 0 radical (unpaired) electrons. The highest BCUT2D eigenvalue weighted by molar-refractivity contribution is 7.89. The zero-order chi connectivity index (χ0) is 21.7. The van der Waals surface area contributed by atoms with Gasteiger partial charge in [0.1, 0.15) is 17.3 Å². The number of sulfonamides is 1. The molecule has 2 heterocycles. The van der Waals surface area contributed by atoms with Gasteiger partial charge in [-0.1, -0.05) is 0 Å². The zero-order valence-electron chi connectivity index (χ0n) is 15.5. The number of primary sulfonamides is 1. The summed E-state index contributed by atoms with van der Waals surface area (Å²) in [6, 6.07) is 6.74. The Morgan fingerprint density at radius 3 is 2.70 bits per heavy atom. The number of hydrogen-bond donors (Lipinski definition) is 2. The van der Waals surface area contributed by atoms with E-state index in [2.05, 4.69) is 25.5 Å². The Balaban J connectivity index is 1.75. The number of carbonyl (C=O) groups is 1. The van der Waals surface area contributed by atoms with Gasteiger partial charge in [0.05, 0.1) is 31.4 Å². The molecule has 1 amide bonds. The fraction of sp³-hybridized carbons (Fsp3) is 0.0556. The molecule has 3 rings (SSSR count). The first-order valence-corrected chi connectivity index (χ1v) is 9.81. The minimum absolute atomic E-state index is 0.0636. The van der Waals surface area contributed by atoms with Crippen LogP contribution in [0.2, 0.25) is 0 Å². The van der Waals surface area contributed by atoms with Crippen LogP contribution in [0.4, 0.5) is 4.39 Å². The van der Waals surface area contributed by atoms with E-state index in [1.54, 1.807) is 0 Å². The van der Waals surface area contributed by atoms with Gasteiger partial charge in [0.2, 0.25) is 0 Å². The molecular formula is C18H15FN6O4S. The molecule has 0 aliphatic carbocycles. The molecule has 30 heavy (non-hydrogen) atoms. The summed E-state index contributed by atoms with van der Waals surface area (Å²) < 4.78 is 41.3. The molecule has 154 valence electrons. The molecule has 3 N–H and O–H groups in total. The lowest BCUT2D eigenvalue weighted by Gasteiger charge is -2.04. The van der Waals surface area contributed by atoms with Crippen LogP contribution in [0.3, 0.4) is 0 Å². The van der Waals surface area contributed by atoms with Crippen molar-refractivity contribution in [3.05, 3.63) is 66.0 Å². The number of amides is 1. The largest absolute Gasteiger partial charge is 0.497 e. The monoisotopic (exact) mass is 430 g/mol.